The van der Waals surface area contributed by atoms with Gasteiger partial charge in [0, 0.05) is 12.6 Å². The zero-order chi connectivity index (χ0) is 20.8. The highest BCUT2D eigenvalue weighted by molar-refractivity contribution is 5.95. The third-order valence-corrected chi connectivity index (χ3v) is 3.77. The summed E-state index contributed by atoms with van der Waals surface area (Å²) in [5.74, 6) is -1.66. The van der Waals surface area contributed by atoms with Crippen LogP contribution < -0.4 is 21.9 Å². The zero-order valence-corrected chi connectivity index (χ0v) is 15.9. The van der Waals surface area contributed by atoms with Gasteiger partial charge in [-0.25, -0.2) is 9.59 Å². The number of aromatic nitrogens is 2. The number of carbonyl (C=O) groups excluding carboxylic acids is 3. The first-order chi connectivity index (χ1) is 13.2. The van der Waals surface area contributed by atoms with Crippen LogP contribution in [0.4, 0.5) is 4.79 Å². The van der Waals surface area contributed by atoms with Crippen LogP contribution in [0, 0.1) is 0 Å². The maximum atomic E-state index is 12.5. The first-order valence-electron chi connectivity index (χ1n) is 8.73. The lowest BCUT2D eigenvalue weighted by Gasteiger charge is -2.13. The maximum Gasteiger partial charge on any atom is 0.332 e. The Balaban J connectivity index is 2.13. The number of esters is 1. The second-order valence-corrected chi connectivity index (χ2v) is 6.27. The quantitative estimate of drug-likeness (QED) is 0.666. The van der Waals surface area contributed by atoms with E-state index in [2.05, 4.69) is 5.32 Å². The van der Waals surface area contributed by atoms with Gasteiger partial charge in [0.1, 0.15) is 6.54 Å². The molecule has 3 amide bonds. The summed E-state index contributed by atoms with van der Waals surface area (Å²) in [7, 11) is 0. The molecule has 2 aromatic rings. The second kappa shape index (κ2) is 8.98. The normalized spacial score (nSPS) is 10.7. The molecule has 0 fully saturated rings. The number of rotatable bonds is 6. The van der Waals surface area contributed by atoms with Crippen molar-refractivity contribution in [3.63, 3.8) is 0 Å². The Morgan fingerprint density at radius 2 is 1.79 bits per heavy atom. The van der Waals surface area contributed by atoms with Crippen LogP contribution >= 0.6 is 0 Å². The molecule has 0 aliphatic carbocycles. The smallest absolute Gasteiger partial charge is 0.332 e. The van der Waals surface area contributed by atoms with Gasteiger partial charge in [-0.1, -0.05) is 12.1 Å². The summed E-state index contributed by atoms with van der Waals surface area (Å²) in [6.45, 7) is 4.08. The van der Waals surface area contributed by atoms with Crippen molar-refractivity contribution in [1.29, 1.82) is 0 Å². The van der Waals surface area contributed by atoms with E-state index in [1.807, 2.05) is 5.32 Å². The number of urea groups is 1. The van der Waals surface area contributed by atoms with Crippen LogP contribution in [0.1, 0.15) is 20.8 Å². The number of nitrogens with one attached hydrogen (secondary N) is 2. The topological polar surface area (TPSA) is 128 Å². The summed E-state index contributed by atoms with van der Waals surface area (Å²) in [6.07, 6.45) is 0. The van der Waals surface area contributed by atoms with Crippen LogP contribution in [-0.4, -0.2) is 39.7 Å². The van der Waals surface area contributed by atoms with Gasteiger partial charge in [0.15, 0.2) is 6.61 Å². The number of para-hydroxylation sites is 1. The van der Waals surface area contributed by atoms with E-state index >= 15 is 0 Å². The summed E-state index contributed by atoms with van der Waals surface area (Å²) in [6, 6.07) is 5.54. The third kappa shape index (κ3) is 4.84. The highest BCUT2D eigenvalue weighted by Gasteiger charge is 2.16. The Labute approximate surface area is 160 Å². The number of hydrogen-bond acceptors (Lipinski definition) is 6. The molecular formula is C18H22N4O6. The number of imide groups is 1. The number of nitrogens with zero attached hydrogens (tertiary/aromatic N) is 2. The maximum absolute atomic E-state index is 12.5. The monoisotopic (exact) mass is 390 g/mol. The van der Waals surface area contributed by atoms with Crippen LogP contribution in [0.15, 0.2) is 33.9 Å². The fourth-order valence-electron chi connectivity index (χ4n) is 2.58. The Morgan fingerprint density at radius 3 is 2.43 bits per heavy atom. The molecule has 2 N–H and O–H groups in total. The molecule has 10 nitrogen and oxygen atoms in total. The number of hydrogen-bond donors (Lipinski definition) is 2. The molecule has 0 spiro atoms. The van der Waals surface area contributed by atoms with E-state index in [0.717, 1.165) is 9.13 Å². The SMILES string of the molecule is CCn1c(=O)c2ccccc2n(CC(=O)OCC(=O)NC(=O)NC(C)C)c1=O. The number of benzene rings is 1. The Hall–Kier alpha value is -3.43. The summed E-state index contributed by atoms with van der Waals surface area (Å²) < 4.78 is 6.97. The van der Waals surface area contributed by atoms with Gasteiger partial charge in [0.25, 0.3) is 11.5 Å². The van der Waals surface area contributed by atoms with Gasteiger partial charge in [-0.05, 0) is 32.9 Å². The van der Waals surface area contributed by atoms with Crippen molar-refractivity contribution in [2.24, 2.45) is 0 Å². The molecule has 0 aliphatic heterocycles. The predicted molar refractivity (Wildman–Crippen MR) is 101 cm³/mol. The van der Waals surface area contributed by atoms with E-state index in [0.29, 0.717) is 10.9 Å². The average Bonchev–Trinajstić information content (AvgIpc) is 2.63. The highest BCUT2D eigenvalue weighted by Crippen LogP contribution is 2.07. The minimum atomic E-state index is -0.854. The van der Waals surface area contributed by atoms with Gasteiger partial charge in [0.2, 0.25) is 0 Å². The van der Waals surface area contributed by atoms with Gasteiger partial charge in [0.05, 0.1) is 10.9 Å². The zero-order valence-electron chi connectivity index (χ0n) is 15.9. The molecule has 2 rings (SSSR count). The van der Waals surface area contributed by atoms with E-state index < -0.39 is 42.3 Å². The fraction of sp³-hybridized carbons (Fsp3) is 0.389. The summed E-state index contributed by atoms with van der Waals surface area (Å²) in [5.41, 5.74) is -0.799. The molecule has 0 radical (unpaired) electrons. The minimum Gasteiger partial charge on any atom is -0.454 e. The molecule has 0 saturated carbocycles. The Kier molecular flexibility index (Phi) is 6.69. The van der Waals surface area contributed by atoms with Crippen molar-refractivity contribution in [3.8, 4) is 0 Å². The van der Waals surface area contributed by atoms with E-state index in [4.69, 9.17) is 4.74 Å². The molecule has 0 aliphatic rings. The fourth-order valence-corrected chi connectivity index (χ4v) is 2.58. The van der Waals surface area contributed by atoms with Gasteiger partial charge in [-0.3, -0.25) is 28.8 Å². The number of ether oxygens (including phenoxy) is 1. The van der Waals surface area contributed by atoms with Gasteiger partial charge in [-0.2, -0.15) is 0 Å². The van der Waals surface area contributed by atoms with Crippen molar-refractivity contribution >= 4 is 28.8 Å². The van der Waals surface area contributed by atoms with Gasteiger partial charge >= 0.3 is 17.7 Å². The van der Waals surface area contributed by atoms with Crippen molar-refractivity contribution in [3.05, 3.63) is 45.1 Å². The van der Waals surface area contributed by atoms with Crippen LogP contribution in [0.2, 0.25) is 0 Å². The summed E-state index contributed by atoms with van der Waals surface area (Å²) in [4.78, 5) is 60.1. The molecular weight excluding hydrogens is 368 g/mol. The van der Waals surface area contributed by atoms with Crippen molar-refractivity contribution in [1.82, 2.24) is 19.8 Å². The van der Waals surface area contributed by atoms with Crippen LogP contribution in [-0.2, 0) is 27.4 Å². The molecule has 0 unspecified atom stereocenters. The van der Waals surface area contributed by atoms with Crippen molar-refractivity contribution < 1.29 is 19.1 Å². The number of carbonyl (C=O) groups is 3. The molecule has 10 heteroatoms. The Bertz CT molecular complexity index is 1020. The number of fused-ring (bicyclic) bond motifs is 1. The summed E-state index contributed by atoms with van der Waals surface area (Å²) >= 11 is 0. The first kappa shape index (κ1) is 20.9. The van der Waals surface area contributed by atoms with E-state index in [1.54, 1.807) is 45.0 Å². The van der Waals surface area contributed by atoms with Crippen molar-refractivity contribution in [2.75, 3.05) is 6.61 Å². The molecule has 1 aromatic carbocycles. The summed E-state index contributed by atoms with van der Waals surface area (Å²) in [5, 5.41) is 4.77. The number of amides is 3. The molecule has 0 atom stereocenters. The molecule has 1 aromatic heterocycles. The lowest BCUT2D eigenvalue weighted by atomic mass is 10.2. The molecule has 1 heterocycles. The largest absolute Gasteiger partial charge is 0.454 e. The van der Waals surface area contributed by atoms with E-state index in [1.165, 1.54) is 0 Å². The predicted octanol–water partition coefficient (Wildman–Crippen LogP) is -0.0395. The van der Waals surface area contributed by atoms with Crippen molar-refractivity contribution in [2.45, 2.75) is 39.9 Å². The van der Waals surface area contributed by atoms with E-state index in [-0.39, 0.29) is 12.6 Å². The highest BCUT2D eigenvalue weighted by atomic mass is 16.5. The van der Waals surface area contributed by atoms with E-state index in [9.17, 15) is 24.0 Å². The van der Waals surface area contributed by atoms with Gasteiger partial charge in [-0.15, -0.1) is 0 Å². The lowest BCUT2D eigenvalue weighted by Crippen LogP contribution is -2.44. The van der Waals surface area contributed by atoms with Gasteiger partial charge < -0.3 is 10.1 Å². The molecule has 150 valence electrons. The molecule has 28 heavy (non-hydrogen) atoms. The molecule has 0 bridgehead atoms. The Morgan fingerprint density at radius 1 is 1.11 bits per heavy atom. The average molecular weight is 390 g/mol. The standard InChI is InChI=1S/C18H22N4O6/c1-4-21-16(25)12-7-5-6-8-13(12)22(18(21)27)9-15(24)28-10-14(23)20-17(26)19-11(2)3/h5-8,11H,4,9-10H2,1-3H3,(H2,19,20,23,26). The van der Waals surface area contributed by atoms with Crippen LogP contribution in [0.5, 0.6) is 0 Å². The lowest BCUT2D eigenvalue weighted by molar-refractivity contribution is -0.148. The molecule has 0 saturated heterocycles. The third-order valence-electron chi connectivity index (χ3n) is 3.77. The van der Waals surface area contributed by atoms with Crippen LogP contribution in [0.25, 0.3) is 10.9 Å². The second-order valence-electron chi connectivity index (χ2n) is 6.27. The minimum absolute atomic E-state index is 0.144. The first-order valence-corrected chi connectivity index (χ1v) is 8.73. The van der Waals surface area contributed by atoms with Crippen LogP contribution in [0.3, 0.4) is 0 Å².